The average molecular weight is 279 g/mol. The third-order valence-corrected chi connectivity index (χ3v) is 3.41. The maximum atomic E-state index is 13.0. The van der Waals surface area contributed by atoms with E-state index in [2.05, 4.69) is 0 Å². The van der Waals surface area contributed by atoms with Crippen LogP contribution in [-0.2, 0) is 4.74 Å². The van der Waals surface area contributed by atoms with Gasteiger partial charge in [0.15, 0.2) is 0 Å². The molecule has 1 fully saturated rings. The summed E-state index contributed by atoms with van der Waals surface area (Å²) >= 11 is 0. The van der Waals surface area contributed by atoms with Crippen molar-refractivity contribution in [1.29, 1.82) is 0 Å². The smallest absolute Gasteiger partial charge is 0.410 e. The predicted octanol–water partition coefficient (Wildman–Crippen LogP) is 3.94. The second-order valence-electron chi connectivity index (χ2n) is 6.32. The number of carbonyl (C=O) groups excluding carboxylic acids is 1. The molecule has 1 heterocycles. The summed E-state index contributed by atoms with van der Waals surface area (Å²) in [6, 6.07) is 6.56. The highest BCUT2D eigenvalue weighted by atomic mass is 19.1. The van der Waals surface area contributed by atoms with E-state index in [1.807, 2.05) is 20.8 Å². The number of carbonyl (C=O) groups is 1. The van der Waals surface area contributed by atoms with Gasteiger partial charge in [-0.15, -0.1) is 0 Å². The van der Waals surface area contributed by atoms with Gasteiger partial charge in [0.1, 0.15) is 11.4 Å². The molecule has 1 aliphatic rings. The lowest BCUT2D eigenvalue weighted by Gasteiger charge is -2.34. The van der Waals surface area contributed by atoms with Crippen molar-refractivity contribution in [3.8, 4) is 0 Å². The van der Waals surface area contributed by atoms with Crippen LogP contribution in [0.15, 0.2) is 24.3 Å². The van der Waals surface area contributed by atoms with E-state index >= 15 is 0 Å². The maximum absolute atomic E-state index is 13.0. The van der Waals surface area contributed by atoms with Gasteiger partial charge in [0.05, 0.1) is 0 Å². The Bertz CT molecular complexity index is 464. The highest BCUT2D eigenvalue weighted by Crippen LogP contribution is 2.27. The molecular formula is C16H22FNO2. The summed E-state index contributed by atoms with van der Waals surface area (Å²) in [5.41, 5.74) is 0.611. The van der Waals surface area contributed by atoms with Gasteiger partial charge in [0.25, 0.3) is 0 Å². The van der Waals surface area contributed by atoms with Crippen molar-refractivity contribution in [3.05, 3.63) is 35.6 Å². The van der Waals surface area contributed by atoms with Crippen LogP contribution in [0.1, 0.15) is 45.1 Å². The fourth-order valence-corrected chi connectivity index (χ4v) is 2.48. The molecule has 0 spiro atoms. The van der Waals surface area contributed by atoms with Crippen LogP contribution in [0.5, 0.6) is 0 Å². The summed E-state index contributed by atoms with van der Waals surface area (Å²) in [6.07, 6.45) is 1.70. The Morgan fingerprint density at radius 1 is 1.30 bits per heavy atom. The van der Waals surface area contributed by atoms with Crippen LogP contribution >= 0.6 is 0 Å². The Morgan fingerprint density at radius 2 is 1.95 bits per heavy atom. The van der Waals surface area contributed by atoms with Gasteiger partial charge in [-0.1, -0.05) is 12.1 Å². The van der Waals surface area contributed by atoms with E-state index in [-0.39, 0.29) is 17.8 Å². The number of piperidine rings is 1. The maximum Gasteiger partial charge on any atom is 0.410 e. The zero-order chi connectivity index (χ0) is 14.8. The monoisotopic (exact) mass is 279 g/mol. The Morgan fingerprint density at radius 3 is 2.55 bits per heavy atom. The first kappa shape index (κ1) is 14.8. The van der Waals surface area contributed by atoms with Crippen molar-refractivity contribution in [3.63, 3.8) is 0 Å². The lowest BCUT2D eigenvalue weighted by Crippen LogP contribution is -2.42. The third-order valence-electron chi connectivity index (χ3n) is 3.41. The summed E-state index contributed by atoms with van der Waals surface area (Å²) < 4.78 is 18.4. The molecule has 0 aliphatic carbocycles. The standard InChI is InChI=1S/C16H22FNO2/c1-16(2,3)20-15(19)18-10-4-5-13(11-18)12-6-8-14(17)9-7-12/h6-9,13H,4-5,10-11H2,1-3H3. The first-order valence-corrected chi connectivity index (χ1v) is 7.08. The van der Waals surface area contributed by atoms with Crippen molar-refractivity contribution in [2.75, 3.05) is 13.1 Å². The van der Waals surface area contributed by atoms with Crippen molar-refractivity contribution >= 4 is 6.09 Å². The lowest BCUT2D eigenvalue weighted by atomic mass is 9.91. The molecule has 4 heteroatoms. The van der Waals surface area contributed by atoms with E-state index in [9.17, 15) is 9.18 Å². The number of benzene rings is 1. The lowest BCUT2D eigenvalue weighted by molar-refractivity contribution is 0.0198. The van der Waals surface area contributed by atoms with E-state index in [1.54, 1.807) is 17.0 Å². The van der Waals surface area contributed by atoms with Gasteiger partial charge in [-0.25, -0.2) is 9.18 Å². The molecule has 2 rings (SSSR count). The summed E-state index contributed by atoms with van der Waals surface area (Å²) in [7, 11) is 0. The fourth-order valence-electron chi connectivity index (χ4n) is 2.48. The second-order valence-corrected chi connectivity index (χ2v) is 6.32. The molecule has 1 amide bonds. The van der Waals surface area contributed by atoms with E-state index in [1.165, 1.54) is 12.1 Å². The molecule has 1 aromatic carbocycles. The SMILES string of the molecule is CC(C)(C)OC(=O)N1CCCC(c2ccc(F)cc2)C1. The normalized spacial score (nSPS) is 19.8. The Hall–Kier alpha value is -1.58. The number of hydrogen-bond donors (Lipinski definition) is 0. The third kappa shape index (κ3) is 3.95. The number of nitrogens with zero attached hydrogens (tertiary/aromatic N) is 1. The molecule has 0 bridgehead atoms. The summed E-state index contributed by atoms with van der Waals surface area (Å²) in [5.74, 6) is 0.0328. The zero-order valence-electron chi connectivity index (χ0n) is 12.4. The van der Waals surface area contributed by atoms with Gasteiger partial charge in [-0.2, -0.15) is 0 Å². The molecule has 110 valence electrons. The molecule has 1 atom stereocenters. The minimum absolute atomic E-state index is 0.228. The summed E-state index contributed by atoms with van der Waals surface area (Å²) in [5, 5.41) is 0. The molecule has 1 unspecified atom stereocenters. The minimum atomic E-state index is -0.472. The van der Waals surface area contributed by atoms with Crippen molar-refractivity contribution in [2.45, 2.75) is 45.1 Å². The van der Waals surface area contributed by atoms with Gasteiger partial charge >= 0.3 is 6.09 Å². The largest absolute Gasteiger partial charge is 0.444 e. The van der Waals surface area contributed by atoms with E-state index in [0.29, 0.717) is 6.54 Å². The number of ether oxygens (including phenoxy) is 1. The molecule has 1 aromatic rings. The quantitative estimate of drug-likeness (QED) is 0.779. The molecule has 20 heavy (non-hydrogen) atoms. The molecule has 1 saturated heterocycles. The van der Waals surface area contributed by atoms with Gasteiger partial charge in [0, 0.05) is 19.0 Å². The molecule has 0 aromatic heterocycles. The van der Waals surface area contributed by atoms with Crippen molar-refractivity contribution in [2.24, 2.45) is 0 Å². The topological polar surface area (TPSA) is 29.5 Å². The second kappa shape index (κ2) is 5.81. The highest BCUT2D eigenvalue weighted by molar-refractivity contribution is 5.68. The number of halogens is 1. The van der Waals surface area contributed by atoms with E-state index in [4.69, 9.17) is 4.74 Å². The van der Waals surface area contributed by atoms with Gasteiger partial charge in [-0.3, -0.25) is 0 Å². The van der Waals surface area contributed by atoms with Crippen LogP contribution in [-0.4, -0.2) is 29.7 Å². The van der Waals surface area contributed by atoms with Crippen LogP contribution in [0.2, 0.25) is 0 Å². The first-order valence-electron chi connectivity index (χ1n) is 7.08. The zero-order valence-corrected chi connectivity index (χ0v) is 12.4. The van der Waals surface area contributed by atoms with Gasteiger partial charge in [0.2, 0.25) is 0 Å². The molecule has 0 N–H and O–H groups in total. The van der Waals surface area contributed by atoms with Crippen LogP contribution in [0.25, 0.3) is 0 Å². The van der Waals surface area contributed by atoms with Crippen LogP contribution < -0.4 is 0 Å². The van der Waals surface area contributed by atoms with E-state index < -0.39 is 5.60 Å². The summed E-state index contributed by atoms with van der Waals surface area (Å²) in [6.45, 7) is 6.97. The van der Waals surface area contributed by atoms with Crippen LogP contribution in [0, 0.1) is 5.82 Å². The van der Waals surface area contributed by atoms with Gasteiger partial charge in [-0.05, 0) is 51.3 Å². The first-order chi connectivity index (χ1) is 9.35. The molecule has 0 radical (unpaired) electrons. The number of hydrogen-bond acceptors (Lipinski definition) is 2. The molecular weight excluding hydrogens is 257 g/mol. The Balaban J connectivity index is 2.01. The molecule has 1 aliphatic heterocycles. The van der Waals surface area contributed by atoms with E-state index in [0.717, 1.165) is 24.9 Å². The average Bonchev–Trinajstić information content (AvgIpc) is 2.38. The number of amides is 1. The molecule has 3 nitrogen and oxygen atoms in total. The van der Waals surface area contributed by atoms with Crippen molar-refractivity contribution in [1.82, 2.24) is 4.90 Å². The number of rotatable bonds is 1. The fraction of sp³-hybridized carbons (Fsp3) is 0.562. The van der Waals surface area contributed by atoms with Crippen LogP contribution in [0.4, 0.5) is 9.18 Å². The Kier molecular flexibility index (Phi) is 4.31. The molecule has 0 saturated carbocycles. The van der Waals surface area contributed by atoms with Gasteiger partial charge < -0.3 is 9.64 Å². The summed E-state index contributed by atoms with van der Waals surface area (Å²) in [4.78, 5) is 13.8. The number of likely N-dealkylation sites (tertiary alicyclic amines) is 1. The van der Waals surface area contributed by atoms with Crippen LogP contribution in [0.3, 0.4) is 0 Å². The van der Waals surface area contributed by atoms with Crippen molar-refractivity contribution < 1.29 is 13.9 Å². The Labute approximate surface area is 119 Å². The highest BCUT2D eigenvalue weighted by Gasteiger charge is 2.28. The predicted molar refractivity (Wildman–Crippen MR) is 76.2 cm³/mol. The minimum Gasteiger partial charge on any atom is -0.444 e.